The Kier molecular flexibility index (Phi) is 5.41. The fourth-order valence-electron chi connectivity index (χ4n) is 2.68. The Morgan fingerprint density at radius 2 is 1.67 bits per heavy atom. The lowest BCUT2D eigenvalue weighted by Gasteiger charge is -2.06. The van der Waals surface area contributed by atoms with Crippen LogP contribution in [0.5, 0.6) is 11.5 Å². The number of rotatable bonds is 6. The number of H-pyrrole nitrogens is 1. The molecular formula is C22H22N2O3. The van der Waals surface area contributed by atoms with E-state index in [0.717, 1.165) is 17.0 Å². The number of allylic oxidation sites excluding steroid dienone is 1. The Morgan fingerprint density at radius 3 is 2.30 bits per heavy atom. The number of aromatic amines is 1. The number of ketones is 1. The summed E-state index contributed by atoms with van der Waals surface area (Å²) in [7, 11) is 3.11. The summed E-state index contributed by atoms with van der Waals surface area (Å²) < 4.78 is 10.4. The molecule has 0 fully saturated rings. The van der Waals surface area contributed by atoms with Crippen LogP contribution in [0.4, 0.5) is 0 Å². The van der Waals surface area contributed by atoms with Crippen molar-refractivity contribution in [3.8, 4) is 22.8 Å². The molecule has 2 aromatic carbocycles. The molecule has 27 heavy (non-hydrogen) atoms. The Bertz CT molecular complexity index is 980. The fourth-order valence-corrected chi connectivity index (χ4v) is 2.68. The van der Waals surface area contributed by atoms with Crippen molar-refractivity contribution in [1.29, 1.82) is 0 Å². The molecule has 138 valence electrons. The molecule has 1 N–H and O–H groups in total. The second-order valence-electron chi connectivity index (χ2n) is 6.31. The number of carbonyl (C=O) groups excluding carboxylic acids is 1. The molecule has 0 atom stereocenters. The van der Waals surface area contributed by atoms with Gasteiger partial charge in [-0.3, -0.25) is 9.89 Å². The highest BCUT2D eigenvalue weighted by Gasteiger charge is 2.08. The molecule has 0 saturated heterocycles. The van der Waals surface area contributed by atoms with Gasteiger partial charge in [0.15, 0.2) is 5.78 Å². The molecule has 3 rings (SSSR count). The topological polar surface area (TPSA) is 64.2 Å². The third-order valence-corrected chi connectivity index (χ3v) is 4.45. The number of benzene rings is 2. The lowest BCUT2D eigenvalue weighted by molar-refractivity contribution is 0.104. The molecule has 0 radical (unpaired) electrons. The first-order chi connectivity index (χ1) is 13.0. The summed E-state index contributed by atoms with van der Waals surface area (Å²) in [5, 5.41) is 7.29. The molecular weight excluding hydrogens is 340 g/mol. The normalized spacial score (nSPS) is 11.0. The van der Waals surface area contributed by atoms with Crippen molar-refractivity contribution < 1.29 is 14.3 Å². The van der Waals surface area contributed by atoms with Crippen LogP contribution >= 0.6 is 0 Å². The van der Waals surface area contributed by atoms with Crippen LogP contribution in [0.1, 0.15) is 27.2 Å². The Morgan fingerprint density at radius 1 is 0.963 bits per heavy atom. The third kappa shape index (κ3) is 4.26. The SMILES string of the molecule is COc1cc(OC)cc(C(=O)C=Cc2cc(-c3ccc(C)c(C)c3)n[nH]2)c1. The van der Waals surface area contributed by atoms with Crippen LogP contribution in [0.25, 0.3) is 17.3 Å². The van der Waals surface area contributed by atoms with Gasteiger partial charge in [-0.05, 0) is 61.4 Å². The van der Waals surface area contributed by atoms with E-state index >= 15 is 0 Å². The van der Waals surface area contributed by atoms with E-state index in [-0.39, 0.29) is 5.78 Å². The lowest BCUT2D eigenvalue weighted by atomic mass is 10.0. The number of hydrogen-bond acceptors (Lipinski definition) is 4. The average molecular weight is 362 g/mol. The minimum Gasteiger partial charge on any atom is -0.497 e. The summed E-state index contributed by atoms with van der Waals surface area (Å²) in [4.78, 5) is 12.5. The molecule has 0 aliphatic heterocycles. The molecule has 0 saturated carbocycles. The van der Waals surface area contributed by atoms with E-state index in [0.29, 0.717) is 17.1 Å². The van der Waals surface area contributed by atoms with E-state index in [2.05, 4.69) is 36.2 Å². The Labute approximate surface area is 158 Å². The van der Waals surface area contributed by atoms with Crippen molar-refractivity contribution in [3.63, 3.8) is 0 Å². The molecule has 0 bridgehead atoms. The van der Waals surface area contributed by atoms with E-state index in [1.165, 1.54) is 17.2 Å². The highest BCUT2D eigenvalue weighted by molar-refractivity contribution is 6.07. The number of aromatic nitrogens is 2. The minimum atomic E-state index is -0.144. The summed E-state index contributed by atoms with van der Waals surface area (Å²) in [6, 6.07) is 13.2. The number of nitrogens with zero attached hydrogens (tertiary/aromatic N) is 1. The number of hydrogen-bond donors (Lipinski definition) is 1. The zero-order valence-electron chi connectivity index (χ0n) is 15.9. The van der Waals surface area contributed by atoms with Crippen molar-refractivity contribution in [1.82, 2.24) is 10.2 Å². The van der Waals surface area contributed by atoms with Crippen molar-refractivity contribution in [3.05, 3.63) is 70.9 Å². The number of carbonyl (C=O) groups is 1. The van der Waals surface area contributed by atoms with Crippen LogP contribution in [-0.2, 0) is 0 Å². The molecule has 0 aliphatic rings. The molecule has 0 amide bonds. The highest BCUT2D eigenvalue weighted by atomic mass is 16.5. The fraction of sp³-hybridized carbons (Fsp3) is 0.182. The first-order valence-electron chi connectivity index (χ1n) is 8.58. The predicted octanol–water partition coefficient (Wildman–Crippen LogP) is 4.61. The zero-order valence-corrected chi connectivity index (χ0v) is 15.9. The summed E-state index contributed by atoms with van der Waals surface area (Å²) in [5.74, 6) is 1.00. The summed E-state index contributed by atoms with van der Waals surface area (Å²) in [6.45, 7) is 4.16. The largest absolute Gasteiger partial charge is 0.497 e. The molecule has 1 aromatic heterocycles. The van der Waals surface area contributed by atoms with Gasteiger partial charge in [-0.1, -0.05) is 12.1 Å². The highest BCUT2D eigenvalue weighted by Crippen LogP contribution is 2.24. The first kappa shape index (κ1) is 18.5. The molecule has 0 aliphatic carbocycles. The molecule has 0 unspecified atom stereocenters. The molecule has 5 heteroatoms. The van der Waals surface area contributed by atoms with Gasteiger partial charge in [-0.2, -0.15) is 5.10 Å². The van der Waals surface area contributed by atoms with Crippen LogP contribution in [0.15, 0.2) is 48.5 Å². The van der Waals surface area contributed by atoms with E-state index in [9.17, 15) is 4.79 Å². The first-order valence-corrected chi connectivity index (χ1v) is 8.58. The molecule has 5 nitrogen and oxygen atoms in total. The maximum Gasteiger partial charge on any atom is 0.186 e. The van der Waals surface area contributed by atoms with Crippen LogP contribution < -0.4 is 9.47 Å². The maximum atomic E-state index is 12.5. The van der Waals surface area contributed by atoms with E-state index in [1.807, 2.05) is 12.1 Å². The van der Waals surface area contributed by atoms with Gasteiger partial charge in [0.05, 0.1) is 25.6 Å². The monoisotopic (exact) mass is 362 g/mol. The van der Waals surface area contributed by atoms with Crippen molar-refractivity contribution in [2.45, 2.75) is 13.8 Å². The second kappa shape index (κ2) is 7.91. The van der Waals surface area contributed by atoms with Gasteiger partial charge in [-0.25, -0.2) is 0 Å². The van der Waals surface area contributed by atoms with Crippen LogP contribution in [0.2, 0.25) is 0 Å². The number of nitrogens with one attached hydrogen (secondary N) is 1. The maximum absolute atomic E-state index is 12.5. The van der Waals surface area contributed by atoms with Gasteiger partial charge >= 0.3 is 0 Å². The standard InChI is InChI=1S/C22H22N2O3/c1-14-5-6-16(9-15(14)2)21-12-18(23-24-21)7-8-22(25)17-10-19(26-3)13-20(11-17)27-4/h5-13H,1-4H3,(H,23,24). The average Bonchev–Trinajstić information content (AvgIpc) is 3.16. The lowest BCUT2D eigenvalue weighted by Crippen LogP contribution is -1.97. The zero-order chi connectivity index (χ0) is 19.4. The number of methoxy groups -OCH3 is 2. The van der Waals surface area contributed by atoms with Gasteiger partial charge < -0.3 is 9.47 Å². The van der Waals surface area contributed by atoms with Crippen LogP contribution in [-0.4, -0.2) is 30.2 Å². The second-order valence-corrected chi connectivity index (χ2v) is 6.31. The van der Waals surface area contributed by atoms with Crippen molar-refractivity contribution in [2.75, 3.05) is 14.2 Å². The van der Waals surface area contributed by atoms with Gasteiger partial charge in [0.1, 0.15) is 11.5 Å². The quantitative estimate of drug-likeness (QED) is 0.514. The molecule has 3 aromatic rings. The Balaban J connectivity index is 1.79. The van der Waals surface area contributed by atoms with Crippen LogP contribution in [0, 0.1) is 13.8 Å². The Hall–Kier alpha value is -3.34. The minimum absolute atomic E-state index is 0.144. The predicted molar refractivity (Wildman–Crippen MR) is 106 cm³/mol. The smallest absolute Gasteiger partial charge is 0.186 e. The van der Waals surface area contributed by atoms with E-state index in [1.54, 1.807) is 38.5 Å². The van der Waals surface area contributed by atoms with Gasteiger partial charge in [0.25, 0.3) is 0 Å². The van der Waals surface area contributed by atoms with Gasteiger partial charge in [-0.15, -0.1) is 0 Å². The third-order valence-electron chi connectivity index (χ3n) is 4.45. The van der Waals surface area contributed by atoms with E-state index in [4.69, 9.17) is 9.47 Å². The van der Waals surface area contributed by atoms with Crippen LogP contribution in [0.3, 0.4) is 0 Å². The number of aryl methyl sites for hydroxylation is 2. The van der Waals surface area contributed by atoms with Crippen molar-refractivity contribution >= 4 is 11.9 Å². The summed E-state index contributed by atoms with van der Waals surface area (Å²) >= 11 is 0. The molecule has 0 spiro atoms. The van der Waals surface area contributed by atoms with Gasteiger partial charge in [0.2, 0.25) is 0 Å². The summed E-state index contributed by atoms with van der Waals surface area (Å²) in [6.07, 6.45) is 3.22. The molecule has 1 heterocycles. The van der Waals surface area contributed by atoms with Gasteiger partial charge in [0, 0.05) is 17.2 Å². The summed E-state index contributed by atoms with van der Waals surface area (Å²) in [5.41, 5.74) is 5.59. The van der Waals surface area contributed by atoms with E-state index < -0.39 is 0 Å². The van der Waals surface area contributed by atoms with Crippen molar-refractivity contribution in [2.24, 2.45) is 0 Å². The number of ether oxygens (including phenoxy) is 2.